The second-order valence-corrected chi connectivity index (χ2v) is 8.13. The normalized spacial score (nSPS) is 19.1. The largest absolute Gasteiger partial charge is 0.507 e. The van der Waals surface area contributed by atoms with E-state index < -0.39 is 6.04 Å². The number of phenols is 1. The molecule has 8 heteroatoms. The van der Waals surface area contributed by atoms with Gasteiger partial charge in [0.25, 0.3) is 5.91 Å². The molecule has 0 saturated carbocycles. The molecule has 0 bridgehead atoms. The summed E-state index contributed by atoms with van der Waals surface area (Å²) in [6.45, 7) is 0.277. The van der Waals surface area contributed by atoms with Gasteiger partial charge in [-0.25, -0.2) is 5.01 Å². The van der Waals surface area contributed by atoms with E-state index >= 15 is 0 Å². The number of aromatic nitrogens is 1. The highest BCUT2D eigenvalue weighted by Gasteiger charge is 2.43. The molecule has 0 aliphatic carbocycles. The number of amides is 2. The number of aromatic hydroxyl groups is 1. The second-order valence-electron chi connectivity index (χ2n) is 7.21. The number of fused-ring (bicyclic) bond motifs is 4. The SMILES string of the molecule is O=C1[C@@H]2Cc3c([nH]c4ccccc34)CN2C(=O)CN1/N=C\c1cc(Br)ccc1O. The van der Waals surface area contributed by atoms with Crippen molar-refractivity contribution >= 4 is 44.9 Å². The van der Waals surface area contributed by atoms with Gasteiger partial charge >= 0.3 is 0 Å². The molecule has 0 spiro atoms. The van der Waals surface area contributed by atoms with Gasteiger partial charge in [0.2, 0.25) is 5.91 Å². The predicted octanol–water partition coefficient (Wildman–Crippen LogP) is 2.77. The summed E-state index contributed by atoms with van der Waals surface area (Å²) in [5, 5.41) is 16.5. The average Bonchev–Trinajstić information content (AvgIpc) is 3.08. The third-order valence-corrected chi connectivity index (χ3v) is 5.97. The van der Waals surface area contributed by atoms with Crippen LogP contribution in [0.3, 0.4) is 0 Å². The quantitative estimate of drug-likeness (QED) is 0.585. The highest BCUT2D eigenvalue weighted by atomic mass is 79.9. The zero-order valence-corrected chi connectivity index (χ0v) is 16.9. The minimum absolute atomic E-state index is 0.0514. The number of phenolic OH excluding ortho intramolecular Hbond substituents is 1. The van der Waals surface area contributed by atoms with Crippen molar-refractivity contribution in [2.45, 2.75) is 19.0 Å². The lowest BCUT2D eigenvalue weighted by molar-refractivity contribution is -0.157. The third kappa shape index (κ3) is 3.00. The van der Waals surface area contributed by atoms with E-state index in [-0.39, 0.29) is 24.1 Å². The summed E-state index contributed by atoms with van der Waals surface area (Å²) < 4.78 is 0.781. The van der Waals surface area contributed by atoms with E-state index in [1.165, 1.54) is 17.3 Å². The molecule has 2 aliphatic heterocycles. The molecule has 7 nitrogen and oxygen atoms in total. The fraction of sp³-hybridized carbons (Fsp3) is 0.190. The van der Waals surface area contributed by atoms with Crippen molar-refractivity contribution in [3.8, 4) is 5.75 Å². The number of piperazine rings is 1. The van der Waals surface area contributed by atoms with Crippen LogP contribution in [0.2, 0.25) is 0 Å². The number of H-pyrrole nitrogens is 1. The molecule has 5 rings (SSSR count). The Kier molecular flexibility index (Phi) is 4.16. The van der Waals surface area contributed by atoms with E-state index in [9.17, 15) is 14.7 Å². The van der Waals surface area contributed by atoms with Crippen molar-refractivity contribution in [2.24, 2.45) is 5.10 Å². The number of hydrogen-bond acceptors (Lipinski definition) is 4. The molecule has 146 valence electrons. The van der Waals surface area contributed by atoms with Crippen molar-refractivity contribution in [1.29, 1.82) is 0 Å². The van der Waals surface area contributed by atoms with E-state index in [4.69, 9.17) is 0 Å². The van der Waals surface area contributed by atoms with E-state index in [1.807, 2.05) is 24.3 Å². The monoisotopic (exact) mass is 452 g/mol. The average molecular weight is 453 g/mol. The lowest BCUT2D eigenvalue weighted by Crippen LogP contribution is -2.60. The molecule has 2 amide bonds. The Morgan fingerprint density at radius 1 is 1.17 bits per heavy atom. The van der Waals surface area contributed by atoms with E-state index in [1.54, 1.807) is 17.0 Å². The molecule has 2 aliphatic rings. The number of aromatic amines is 1. The van der Waals surface area contributed by atoms with Crippen LogP contribution in [0.15, 0.2) is 52.0 Å². The lowest BCUT2D eigenvalue weighted by atomic mass is 9.94. The van der Waals surface area contributed by atoms with Crippen LogP contribution in [-0.4, -0.2) is 50.6 Å². The lowest BCUT2D eigenvalue weighted by Gasteiger charge is -2.40. The maximum absolute atomic E-state index is 13.1. The highest BCUT2D eigenvalue weighted by Crippen LogP contribution is 2.32. The van der Waals surface area contributed by atoms with Gasteiger partial charge in [0.1, 0.15) is 18.3 Å². The van der Waals surface area contributed by atoms with Gasteiger partial charge in [-0.05, 0) is 29.8 Å². The Balaban J connectivity index is 1.45. The van der Waals surface area contributed by atoms with Crippen molar-refractivity contribution in [3.05, 3.63) is 63.8 Å². The van der Waals surface area contributed by atoms with Crippen molar-refractivity contribution in [3.63, 3.8) is 0 Å². The smallest absolute Gasteiger partial charge is 0.266 e. The molecule has 1 saturated heterocycles. The van der Waals surface area contributed by atoms with Crippen molar-refractivity contribution in [1.82, 2.24) is 14.9 Å². The number of nitrogens with zero attached hydrogens (tertiary/aromatic N) is 3. The summed E-state index contributed by atoms with van der Waals surface area (Å²) >= 11 is 3.34. The first kappa shape index (κ1) is 17.9. The van der Waals surface area contributed by atoms with Crippen LogP contribution in [0.5, 0.6) is 5.75 Å². The van der Waals surface area contributed by atoms with Gasteiger partial charge in [0.15, 0.2) is 0 Å². The number of hydrazone groups is 1. The molecular weight excluding hydrogens is 436 g/mol. The van der Waals surface area contributed by atoms with Gasteiger partial charge in [-0.2, -0.15) is 5.10 Å². The van der Waals surface area contributed by atoms with Crippen LogP contribution in [0.1, 0.15) is 16.8 Å². The number of carbonyl (C=O) groups is 2. The van der Waals surface area contributed by atoms with Gasteiger partial charge in [-0.1, -0.05) is 34.1 Å². The van der Waals surface area contributed by atoms with Crippen LogP contribution in [0.4, 0.5) is 0 Å². The van der Waals surface area contributed by atoms with Crippen LogP contribution >= 0.6 is 15.9 Å². The molecule has 29 heavy (non-hydrogen) atoms. The standard InChI is InChI=1S/C21H17BrN4O3/c22-13-5-6-19(27)12(7-13)9-23-26-11-20(28)25-10-17-15(8-18(25)21(26)29)14-3-1-2-4-16(14)24-17/h1-7,9,18,24,27H,8,10-11H2/b23-9-/t18-/m0/s1. The number of hydrogen-bond donors (Lipinski definition) is 2. The van der Waals surface area contributed by atoms with Gasteiger partial charge < -0.3 is 15.0 Å². The van der Waals surface area contributed by atoms with Gasteiger partial charge in [0.05, 0.1) is 12.8 Å². The van der Waals surface area contributed by atoms with Crippen molar-refractivity contribution in [2.75, 3.05) is 6.54 Å². The van der Waals surface area contributed by atoms with Gasteiger partial charge in [-0.3, -0.25) is 9.59 Å². The summed E-state index contributed by atoms with van der Waals surface area (Å²) in [6, 6.07) is 12.3. The number of nitrogens with one attached hydrogen (secondary N) is 1. The first-order valence-electron chi connectivity index (χ1n) is 9.23. The number of benzene rings is 2. The van der Waals surface area contributed by atoms with E-state index in [0.29, 0.717) is 18.5 Å². The van der Waals surface area contributed by atoms with Crippen LogP contribution in [0.25, 0.3) is 10.9 Å². The fourth-order valence-electron chi connectivity index (χ4n) is 4.02. The van der Waals surface area contributed by atoms with E-state index in [2.05, 4.69) is 26.0 Å². The van der Waals surface area contributed by atoms with E-state index in [0.717, 1.165) is 26.6 Å². The molecule has 3 aromatic rings. The summed E-state index contributed by atoms with van der Waals surface area (Å²) in [6.07, 6.45) is 1.86. The number of rotatable bonds is 2. The summed E-state index contributed by atoms with van der Waals surface area (Å²) in [7, 11) is 0. The molecule has 0 radical (unpaired) electrons. The predicted molar refractivity (Wildman–Crippen MR) is 111 cm³/mol. The van der Waals surface area contributed by atoms with Crippen molar-refractivity contribution < 1.29 is 14.7 Å². The topological polar surface area (TPSA) is 89.0 Å². The Morgan fingerprint density at radius 3 is 2.86 bits per heavy atom. The zero-order valence-electron chi connectivity index (χ0n) is 15.3. The molecule has 1 atom stereocenters. The Hall–Kier alpha value is -3.13. The Morgan fingerprint density at radius 2 is 2.00 bits per heavy atom. The van der Waals surface area contributed by atoms with Crippen LogP contribution in [0, 0.1) is 0 Å². The Labute approximate surface area is 174 Å². The van der Waals surface area contributed by atoms with Crippen LogP contribution < -0.4 is 0 Å². The minimum Gasteiger partial charge on any atom is -0.507 e. The number of para-hydroxylation sites is 1. The molecule has 0 unspecified atom stereocenters. The summed E-state index contributed by atoms with van der Waals surface area (Å²) in [4.78, 5) is 30.8. The van der Waals surface area contributed by atoms with Gasteiger partial charge in [0, 0.05) is 33.1 Å². The third-order valence-electron chi connectivity index (χ3n) is 5.47. The minimum atomic E-state index is -0.573. The highest BCUT2D eigenvalue weighted by molar-refractivity contribution is 9.10. The fourth-order valence-corrected chi connectivity index (χ4v) is 4.40. The summed E-state index contributed by atoms with van der Waals surface area (Å²) in [5.41, 5.74) is 3.54. The maximum atomic E-state index is 13.1. The first-order valence-corrected chi connectivity index (χ1v) is 10.0. The zero-order chi connectivity index (χ0) is 20.1. The molecule has 1 fully saturated rings. The molecule has 2 aromatic carbocycles. The van der Waals surface area contributed by atoms with Gasteiger partial charge in [-0.15, -0.1) is 0 Å². The number of carbonyl (C=O) groups excluding carboxylic acids is 2. The van der Waals surface area contributed by atoms with Crippen LogP contribution in [-0.2, 0) is 22.6 Å². The molecule has 1 aromatic heterocycles. The Bertz CT molecular complexity index is 1190. The molecular formula is C21H17BrN4O3. The maximum Gasteiger partial charge on any atom is 0.266 e. The molecule has 2 N–H and O–H groups in total. The second kappa shape index (κ2) is 6.73. The summed E-state index contributed by atoms with van der Waals surface area (Å²) in [5.74, 6) is -0.309. The first-order chi connectivity index (χ1) is 14.0. The molecule has 3 heterocycles. The number of halogens is 1.